The van der Waals surface area contributed by atoms with Crippen LogP contribution in [0.4, 0.5) is 4.39 Å². The average molecular weight is 301 g/mol. The number of benzene rings is 1. The molecular formula is C14H20FNO3S. The Morgan fingerprint density at radius 1 is 1.45 bits per heavy atom. The highest BCUT2D eigenvalue weighted by atomic mass is 32.2. The molecule has 112 valence electrons. The van der Waals surface area contributed by atoms with Crippen LogP contribution in [0.1, 0.15) is 38.7 Å². The van der Waals surface area contributed by atoms with E-state index >= 15 is 0 Å². The van der Waals surface area contributed by atoms with Gasteiger partial charge in [-0.15, -0.1) is 0 Å². The van der Waals surface area contributed by atoms with Gasteiger partial charge < -0.3 is 5.11 Å². The summed E-state index contributed by atoms with van der Waals surface area (Å²) in [6.45, 7) is 3.71. The van der Waals surface area contributed by atoms with E-state index in [2.05, 4.69) is 18.6 Å². The highest BCUT2D eigenvalue weighted by molar-refractivity contribution is 7.89. The highest BCUT2D eigenvalue weighted by Crippen LogP contribution is 2.37. The molecule has 0 spiro atoms. The van der Waals surface area contributed by atoms with E-state index in [0.717, 1.165) is 25.3 Å². The molecular weight excluding hydrogens is 281 g/mol. The van der Waals surface area contributed by atoms with Crippen LogP contribution in [-0.2, 0) is 16.6 Å². The second kappa shape index (κ2) is 5.42. The van der Waals surface area contributed by atoms with Gasteiger partial charge in [-0.25, -0.2) is 17.5 Å². The number of rotatable bonds is 4. The average Bonchev–Trinajstić information content (AvgIpc) is 2.68. The first-order chi connectivity index (χ1) is 9.23. The lowest BCUT2D eigenvalue weighted by molar-refractivity contribution is 0.275. The molecule has 6 heteroatoms. The number of hydrogen-bond donors (Lipinski definition) is 2. The minimum atomic E-state index is -3.67. The van der Waals surface area contributed by atoms with Gasteiger partial charge in [0.25, 0.3) is 0 Å². The van der Waals surface area contributed by atoms with Gasteiger partial charge >= 0.3 is 0 Å². The van der Waals surface area contributed by atoms with Crippen LogP contribution in [0.2, 0.25) is 0 Å². The number of nitrogens with one attached hydrogen (secondary N) is 1. The Morgan fingerprint density at radius 3 is 2.70 bits per heavy atom. The molecule has 4 nitrogen and oxygen atoms in total. The van der Waals surface area contributed by atoms with Crippen LogP contribution in [0.15, 0.2) is 23.1 Å². The molecule has 2 N–H and O–H groups in total. The quantitative estimate of drug-likeness (QED) is 0.895. The summed E-state index contributed by atoms with van der Waals surface area (Å²) in [6, 6.07) is 3.38. The molecule has 0 aromatic heterocycles. The molecule has 1 unspecified atom stereocenters. The minimum Gasteiger partial charge on any atom is -0.392 e. The van der Waals surface area contributed by atoms with Crippen molar-refractivity contribution < 1.29 is 17.9 Å². The molecule has 1 atom stereocenters. The van der Waals surface area contributed by atoms with Crippen molar-refractivity contribution in [3.05, 3.63) is 29.6 Å². The molecule has 0 aliphatic heterocycles. The van der Waals surface area contributed by atoms with Gasteiger partial charge in [0.15, 0.2) is 0 Å². The van der Waals surface area contributed by atoms with E-state index in [0.29, 0.717) is 0 Å². The molecule has 1 aliphatic carbocycles. The second-order valence-corrected chi connectivity index (χ2v) is 7.85. The second-order valence-electron chi connectivity index (χ2n) is 6.14. The smallest absolute Gasteiger partial charge is 0.240 e. The zero-order chi connectivity index (χ0) is 15.0. The van der Waals surface area contributed by atoms with Crippen LogP contribution in [0.25, 0.3) is 0 Å². The third kappa shape index (κ3) is 3.37. The predicted molar refractivity (Wildman–Crippen MR) is 74.1 cm³/mol. The van der Waals surface area contributed by atoms with Gasteiger partial charge in [0.1, 0.15) is 5.82 Å². The molecule has 0 amide bonds. The lowest BCUT2D eigenvalue weighted by atomic mass is 9.92. The van der Waals surface area contributed by atoms with Crippen LogP contribution in [0.3, 0.4) is 0 Å². The minimum absolute atomic E-state index is 0.00680. The molecule has 2 rings (SSSR count). The standard InChI is InChI=1S/C14H20FNO3S/c1-14(2)6-5-11(8-14)16-20(18,19)12-3-4-13(15)10(7-12)9-17/h3-4,7,11,16-17H,5-6,8-9H2,1-2H3. The Kier molecular flexibility index (Phi) is 4.18. The van der Waals surface area contributed by atoms with Crippen molar-refractivity contribution in [2.45, 2.75) is 50.7 Å². The van der Waals surface area contributed by atoms with Gasteiger partial charge in [-0.1, -0.05) is 13.8 Å². The van der Waals surface area contributed by atoms with Crippen molar-refractivity contribution >= 4 is 10.0 Å². The van der Waals surface area contributed by atoms with Crippen LogP contribution in [0.5, 0.6) is 0 Å². The first-order valence-electron chi connectivity index (χ1n) is 6.65. The van der Waals surface area contributed by atoms with E-state index in [4.69, 9.17) is 5.11 Å². The molecule has 0 heterocycles. The first kappa shape index (κ1) is 15.4. The molecule has 0 bridgehead atoms. The largest absolute Gasteiger partial charge is 0.392 e. The lowest BCUT2D eigenvalue weighted by Gasteiger charge is -2.18. The Morgan fingerprint density at radius 2 is 2.15 bits per heavy atom. The number of aliphatic hydroxyl groups is 1. The zero-order valence-electron chi connectivity index (χ0n) is 11.7. The maximum atomic E-state index is 13.3. The molecule has 1 aromatic rings. The summed E-state index contributed by atoms with van der Waals surface area (Å²) in [6.07, 6.45) is 2.58. The molecule has 20 heavy (non-hydrogen) atoms. The molecule has 1 aliphatic rings. The summed E-state index contributed by atoms with van der Waals surface area (Å²) in [4.78, 5) is -0.00680. The van der Waals surface area contributed by atoms with Crippen molar-refractivity contribution in [1.82, 2.24) is 4.72 Å². The summed E-state index contributed by atoms with van der Waals surface area (Å²) in [5.74, 6) is -0.603. The third-order valence-electron chi connectivity index (χ3n) is 3.79. The fourth-order valence-corrected chi connectivity index (χ4v) is 3.98. The molecule has 1 fully saturated rings. The van der Waals surface area contributed by atoms with Crippen molar-refractivity contribution in [2.24, 2.45) is 5.41 Å². The summed E-state index contributed by atoms with van der Waals surface area (Å²) in [7, 11) is -3.67. The Bertz CT molecular complexity index is 598. The Balaban J connectivity index is 2.19. The van der Waals surface area contributed by atoms with Gasteiger partial charge in [0, 0.05) is 11.6 Å². The van der Waals surface area contributed by atoms with E-state index in [1.54, 1.807) is 0 Å². The first-order valence-corrected chi connectivity index (χ1v) is 8.13. The monoisotopic (exact) mass is 301 g/mol. The van der Waals surface area contributed by atoms with Crippen molar-refractivity contribution in [1.29, 1.82) is 0 Å². The summed E-state index contributed by atoms with van der Waals surface area (Å²) in [5.41, 5.74) is 0.131. The summed E-state index contributed by atoms with van der Waals surface area (Å²) in [5, 5.41) is 9.01. The van der Waals surface area contributed by atoms with Crippen molar-refractivity contribution in [3.8, 4) is 0 Å². The van der Waals surface area contributed by atoms with E-state index in [-0.39, 0.29) is 21.9 Å². The molecule has 1 aromatic carbocycles. The van der Waals surface area contributed by atoms with Gasteiger partial charge in [-0.3, -0.25) is 0 Å². The number of aliphatic hydroxyl groups excluding tert-OH is 1. The topological polar surface area (TPSA) is 66.4 Å². The summed E-state index contributed by atoms with van der Waals surface area (Å²) < 4.78 is 40.5. The van der Waals surface area contributed by atoms with E-state index in [1.807, 2.05) is 0 Å². The molecule has 0 saturated heterocycles. The predicted octanol–water partition coefficient (Wildman–Crippen LogP) is 2.17. The Labute approximate surface area is 119 Å². The van der Waals surface area contributed by atoms with E-state index in [9.17, 15) is 12.8 Å². The lowest BCUT2D eigenvalue weighted by Crippen LogP contribution is -2.33. The number of halogens is 1. The normalized spacial score (nSPS) is 22.1. The van der Waals surface area contributed by atoms with Gasteiger partial charge in [0.05, 0.1) is 11.5 Å². The van der Waals surface area contributed by atoms with Gasteiger partial charge in [0.2, 0.25) is 10.0 Å². The fraction of sp³-hybridized carbons (Fsp3) is 0.571. The highest BCUT2D eigenvalue weighted by Gasteiger charge is 2.33. The maximum absolute atomic E-state index is 13.3. The van der Waals surface area contributed by atoms with Crippen LogP contribution in [-0.4, -0.2) is 19.6 Å². The van der Waals surface area contributed by atoms with E-state index < -0.39 is 22.4 Å². The SMILES string of the molecule is CC1(C)CCC(NS(=O)(=O)c2ccc(F)c(CO)c2)C1. The number of hydrogen-bond acceptors (Lipinski definition) is 3. The van der Waals surface area contributed by atoms with Crippen LogP contribution >= 0.6 is 0 Å². The van der Waals surface area contributed by atoms with Crippen molar-refractivity contribution in [2.75, 3.05) is 0 Å². The number of sulfonamides is 1. The fourth-order valence-electron chi connectivity index (χ4n) is 2.66. The summed E-state index contributed by atoms with van der Waals surface area (Å²) >= 11 is 0. The zero-order valence-corrected chi connectivity index (χ0v) is 12.5. The van der Waals surface area contributed by atoms with Crippen LogP contribution in [0, 0.1) is 11.2 Å². The van der Waals surface area contributed by atoms with E-state index in [1.165, 1.54) is 12.1 Å². The maximum Gasteiger partial charge on any atom is 0.240 e. The van der Waals surface area contributed by atoms with Gasteiger partial charge in [-0.2, -0.15) is 0 Å². The Hall–Kier alpha value is -0.980. The third-order valence-corrected chi connectivity index (χ3v) is 5.31. The van der Waals surface area contributed by atoms with Crippen molar-refractivity contribution in [3.63, 3.8) is 0 Å². The van der Waals surface area contributed by atoms with Crippen LogP contribution < -0.4 is 4.72 Å². The van der Waals surface area contributed by atoms with Gasteiger partial charge in [-0.05, 0) is 42.9 Å². The molecule has 0 radical (unpaired) electrons. The molecule has 1 saturated carbocycles.